The predicted molar refractivity (Wildman–Crippen MR) is 91.0 cm³/mol. The molecular formula is C17H21N5O. The molecule has 3 rings (SSSR count). The van der Waals surface area contributed by atoms with Crippen molar-refractivity contribution in [1.82, 2.24) is 14.9 Å². The van der Waals surface area contributed by atoms with Gasteiger partial charge in [0, 0.05) is 37.9 Å². The van der Waals surface area contributed by atoms with Gasteiger partial charge in [-0.15, -0.1) is 0 Å². The fourth-order valence-electron chi connectivity index (χ4n) is 2.73. The van der Waals surface area contributed by atoms with Crippen molar-refractivity contribution in [3.63, 3.8) is 0 Å². The fraction of sp³-hybridized carbons (Fsp3) is 0.353. The molecule has 0 atom stereocenters. The molecule has 0 radical (unpaired) electrons. The smallest absolute Gasteiger partial charge is 0.209 e. The topological polar surface area (TPSA) is 61.4 Å². The molecule has 6 heteroatoms. The highest BCUT2D eigenvalue weighted by molar-refractivity contribution is 5.62. The van der Waals surface area contributed by atoms with Gasteiger partial charge in [-0.1, -0.05) is 25.1 Å². The first-order chi connectivity index (χ1) is 11.3. The molecule has 1 aromatic carbocycles. The van der Waals surface area contributed by atoms with Crippen LogP contribution in [0.5, 0.6) is 0 Å². The molecule has 0 spiro atoms. The minimum Gasteiger partial charge on any atom is -0.353 e. The monoisotopic (exact) mass is 311 g/mol. The summed E-state index contributed by atoms with van der Waals surface area (Å²) in [6, 6.07) is 10.2. The molecule has 1 aliphatic heterocycles. The lowest BCUT2D eigenvalue weighted by Gasteiger charge is -2.33. The van der Waals surface area contributed by atoms with Crippen LogP contribution in [-0.4, -0.2) is 47.5 Å². The number of carbonyl (C=O) groups is 1. The third-order valence-corrected chi connectivity index (χ3v) is 4.10. The first-order valence-electron chi connectivity index (χ1n) is 7.91. The van der Waals surface area contributed by atoms with Crippen LogP contribution in [0.4, 0.5) is 17.3 Å². The lowest BCUT2D eigenvalue weighted by Crippen LogP contribution is -2.46. The number of para-hydroxylation sites is 1. The molecule has 2 heterocycles. The maximum Gasteiger partial charge on any atom is 0.209 e. The van der Waals surface area contributed by atoms with Gasteiger partial charge < -0.3 is 15.1 Å². The van der Waals surface area contributed by atoms with E-state index in [9.17, 15) is 4.79 Å². The van der Waals surface area contributed by atoms with Crippen molar-refractivity contribution in [1.29, 1.82) is 0 Å². The lowest BCUT2D eigenvalue weighted by molar-refractivity contribution is -0.118. The van der Waals surface area contributed by atoms with E-state index in [2.05, 4.69) is 39.2 Å². The number of hydrogen-bond acceptors (Lipinski definition) is 5. The Morgan fingerprint density at radius 1 is 1.17 bits per heavy atom. The van der Waals surface area contributed by atoms with Crippen LogP contribution in [0.15, 0.2) is 36.7 Å². The van der Waals surface area contributed by atoms with Crippen LogP contribution in [0.3, 0.4) is 0 Å². The summed E-state index contributed by atoms with van der Waals surface area (Å²) in [7, 11) is 0. The molecule has 1 aromatic heterocycles. The van der Waals surface area contributed by atoms with Gasteiger partial charge in [0.15, 0.2) is 0 Å². The van der Waals surface area contributed by atoms with E-state index in [4.69, 9.17) is 0 Å². The summed E-state index contributed by atoms with van der Waals surface area (Å²) in [4.78, 5) is 23.4. The van der Waals surface area contributed by atoms with E-state index in [1.54, 1.807) is 11.2 Å². The second-order valence-electron chi connectivity index (χ2n) is 5.53. The number of benzene rings is 1. The van der Waals surface area contributed by atoms with Crippen molar-refractivity contribution in [2.45, 2.75) is 13.3 Å². The van der Waals surface area contributed by atoms with Crippen LogP contribution in [0.2, 0.25) is 0 Å². The van der Waals surface area contributed by atoms with Gasteiger partial charge in [-0.3, -0.25) is 4.79 Å². The molecular weight excluding hydrogens is 290 g/mol. The second kappa shape index (κ2) is 7.09. The summed E-state index contributed by atoms with van der Waals surface area (Å²) >= 11 is 0. The first-order valence-corrected chi connectivity index (χ1v) is 7.91. The normalized spacial score (nSPS) is 14.7. The lowest BCUT2D eigenvalue weighted by atomic mass is 10.1. The number of carbonyl (C=O) groups excluding carboxylic acids is 1. The van der Waals surface area contributed by atoms with Crippen molar-refractivity contribution >= 4 is 23.7 Å². The van der Waals surface area contributed by atoms with Gasteiger partial charge in [0.05, 0.1) is 0 Å². The van der Waals surface area contributed by atoms with Gasteiger partial charge in [0.1, 0.15) is 18.0 Å². The standard InChI is InChI=1S/C17H21N5O/c1-2-14-5-3-4-6-15(14)20-16-11-17(19-12-18-16)22-9-7-21(13-23)8-10-22/h3-6,11-13H,2,7-10H2,1H3,(H,18,19,20). The molecule has 0 aliphatic carbocycles. The number of aromatic nitrogens is 2. The summed E-state index contributed by atoms with van der Waals surface area (Å²) < 4.78 is 0. The number of piperazine rings is 1. The number of rotatable bonds is 5. The molecule has 0 unspecified atom stereocenters. The van der Waals surface area contributed by atoms with Crippen LogP contribution >= 0.6 is 0 Å². The molecule has 1 aliphatic rings. The molecule has 0 bridgehead atoms. The van der Waals surface area contributed by atoms with E-state index >= 15 is 0 Å². The Balaban J connectivity index is 1.74. The van der Waals surface area contributed by atoms with E-state index in [1.165, 1.54) is 5.56 Å². The Morgan fingerprint density at radius 3 is 2.70 bits per heavy atom. The van der Waals surface area contributed by atoms with Gasteiger partial charge in [-0.05, 0) is 18.1 Å². The van der Waals surface area contributed by atoms with Crippen LogP contribution < -0.4 is 10.2 Å². The van der Waals surface area contributed by atoms with Crippen LogP contribution in [0.1, 0.15) is 12.5 Å². The van der Waals surface area contributed by atoms with Crippen molar-refractivity contribution in [3.8, 4) is 0 Å². The van der Waals surface area contributed by atoms with Crippen molar-refractivity contribution in [2.24, 2.45) is 0 Å². The zero-order chi connectivity index (χ0) is 16.1. The highest BCUT2D eigenvalue weighted by Crippen LogP contribution is 2.22. The highest BCUT2D eigenvalue weighted by Gasteiger charge is 2.17. The number of hydrogen-bond donors (Lipinski definition) is 1. The van der Waals surface area contributed by atoms with Crippen LogP contribution in [0, 0.1) is 0 Å². The molecule has 23 heavy (non-hydrogen) atoms. The third-order valence-electron chi connectivity index (χ3n) is 4.10. The van der Waals surface area contributed by atoms with Gasteiger partial charge in [-0.25, -0.2) is 9.97 Å². The Labute approximate surface area is 136 Å². The van der Waals surface area contributed by atoms with E-state index < -0.39 is 0 Å². The Hall–Kier alpha value is -2.63. The van der Waals surface area contributed by atoms with Gasteiger partial charge in [-0.2, -0.15) is 0 Å². The minimum absolute atomic E-state index is 0.731. The van der Waals surface area contributed by atoms with E-state index in [0.29, 0.717) is 0 Å². The van der Waals surface area contributed by atoms with Gasteiger partial charge >= 0.3 is 0 Å². The van der Waals surface area contributed by atoms with Crippen molar-refractivity contribution in [2.75, 3.05) is 36.4 Å². The number of aryl methyl sites for hydroxylation is 1. The Morgan fingerprint density at radius 2 is 1.96 bits per heavy atom. The maximum absolute atomic E-state index is 10.8. The summed E-state index contributed by atoms with van der Waals surface area (Å²) in [5.41, 5.74) is 2.33. The molecule has 120 valence electrons. The number of anilines is 3. The van der Waals surface area contributed by atoms with Crippen LogP contribution in [0.25, 0.3) is 0 Å². The quantitative estimate of drug-likeness (QED) is 0.857. The molecule has 2 aromatic rings. The van der Waals surface area contributed by atoms with Gasteiger partial charge in [0.25, 0.3) is 0 Å². The van der Waals surface area contributed by atoms with Crippen LogP contribution in [-0.2, 0) is 11.2 Å². The Kier molecular flexibility index (Phi) is 4.71. The van der Waals surface area contributed by atoms with Crippen molar-refractivity contribution in [3.05, 3.63) is 42.2 Å². The summed E-state index contributed by atoms with van der Waals surface area (Å²) in [6.07, 6.45) is 3.46. The summed E-state index contributed by atoms with van der Waals surface area (Å²) in [5, 5.41) is 3.38. The number of amides is 1. The maximum atomic E-state index is 10.8. The fourth-order valence-corrected chi connectivity index (χ4v) is 2.73. The average Bonchev–Trinajstić information content (AvgIpc) is 2.62. The third kappa shape index (κ3) is 3.59. The summed E-state index contributed by atoms with van der Waals surface area (Å²) in [6.45, 7) is 5.18. The van der Waals surface area contributed by atoms with E-state index in [1.807, 2.05) is 18.2 Å². The minimum atomic E-state index is 0.731. The SMILES string of the molecule is CCc1ccccc1Nc1cc(N2CCN(C=O)CC2)ncn1. The molecule has 1 saturated heterocycles. The zero-order valence-corrected chi connectivity index (χ0v) is 13.3. The molecule has 6 nitrogen and oxygen atoms in total. The van der Waals surface area contributed by atoms with E-state index in [0.717, 1.165) is 56.3 Å². The highest BCUT2D eigenvalue weighted by atomic mass is 16.1. The Bertz CT molecular complexity index is 668. The summed E-state index contributed by atoms with van der Waals surface area (Å²) in [5.74, 6) is 1.68. The largest absolute Gasteiger partial charge is 0.353 e. The zero-order valence-electron chi connectivity index (χ0n) is 13.3. The first kappa shape index (κ1) is 15.3. The molecule has 1 N–H and O–H groups in total. The number of nitrogens with one attached hydrogen (secondary N) is 1. The molecule has 0 saturated carbocycles. The van der Waals surface area contributed by atoms with E-state index in [-0.39, 0.29) is 0 Å². The molecule has 1 amide bonds. The second-order valence-corrected chi connectivity index (χ2v) is 5.53. The number of nitrogens with zero attached hydrogens (tertiary/aromatic N) is 4. The molecule has 1 fully saturated rings. The van der Waals surface area contributed by atoms with Crippen molar-refractivity contribution < 1.29 is 4.79 Å². The van der Waals surface area contributed by atoms with Gasteiger partial charge in [0.2, 0.25) is 6.41 Å². The average molecular weight is 311 g/mol. The predicted octanol–water partition coefficient (Wildman–Crippen LogP) is 2.06.